The number of carbonyl (C=O) groups is 1. The van der Waals surface area contributed by atoms with Gasteiger partial charge in [-0.25, -0.2) is 0 Å². The van der Waals surface area contributed by atoms with E-state index in [0.29, 0.717) is 0 Å². The van der Waals surface area contributed by atoms with Crippen LogP contribution < -0.4 is 5.32 Å². The van der Waals surface area contributed by atoms with Crippen molar-refractivity contribution in [3.63, 3.8) is 0 Å². The lowest BCUT2D eigenvalue weighted by atomic mass is 9.85. The molecule has 0 aromatic heterocycles. The topological polar surface area (TPSA) is 29.1 Å². The monoisotopic (exact) mass is 371 g/mol. The van der Waals surface area contributed by atoms with Gasteiger partial charge in [0.25, 0.3) is 0 Å². The molecule has 0 saturated carbocycles. The number of fused-ring (bicyclic) bond motifs is 1. The van der Waals surface area contributed by atoms with Crippen molar-refractivity contribution < 1.29 is 18.0 Å². The number of rotatable bonds is 4. The van der Waals surface area contributed by atoms with Crippen molar-refractivity contribution in [2.75, 3.05) is 5.32 Å². The zero-order chi connectivity index (χ0) is 19.6. The summed E-state index contributed by atoms with van der Waals surface area (Å²) in [7, 11) is 0. The lowest BCUT2D eigenvalue weighted by molar-refractivity contribution is -0.138. The van der Waals surface area contributed by atoms with Crippen LogP contribution in [0.4, 0.5) is 18.9 Å². The molecule has 0 unspecified atom stereocenters. The summed E-state index contributed by atoms with van der Waals surface area (Å²) in [5.74, 6) is -0.873. The van der Waals surface area contributed by atoms with E-state index < -0.39 is 17.7 Å². The molecule has 0 aliphatic heterocycles. The predicted molar refractivity (Wildman–Crippen MR) is 102 cm³/mol. The molecule has 5 heteroatoms. The van der Waals surface area contributed by atoms with E-state index in [1.807, 2.05) is 42.5 Å². The molecule has 2 nitrogen and oxygen atoms in total. The molecule has 1 N–H and O–H groups in total. The quantitative estimate of drug-likeness (QED) is 0.568. The van der Waals surface area contributed by atoms with Gasteiger partial charge in [0.2, 0.25) is 5.91 Å². The van der Waals surface area contributed by atoms with Gasteiger partial charge in [-0.2, -0.15) is 13.2 Å². The van der Waals surface area contributed by atoms with Crippen LogP contribution >= 0.6 is 0 Å². The highest BCUT2D eigenvalue weighted by atomic mass is 19.4. The maximum absolute atomic E-state index is 13.7. The van der Waals surface area contributed by atoms with Crippen LogP contribution in [0.5, 0.6) is 0 Å². The summed E-state index contributed by atoms with van der Waals surface area (Å²) < 4.78 is 41.2. The second-order valence-corrected chi connectivity index (χ2v) is 6.46. The Hall–Kier alpha value is -2.82. The zero-order valence-electron chi connectivity index (χ0n) is 15.1. The smallest absolute Gasteiger partial charge is 0.326 e. The summed E-state index contributed by atoms with van der Waals surface area (Å²) in [5, 5.41) is 4.50. The minimum atomic E-state index is -4.51. The Balaban J connectivity index is 2.22. The number of nitrogens with one attached hydrogen (secondary N) is 1. The number of halogens is 3. The SMILES string of the molecule is CCC(=O)Nc1cccc(C(F)(F)F)c1[C@H](C)c1cccc2ccccc12. The fourth-order valence-corrected chi connectivity index (χ4v) is 3.41. The first-order valence-corrected chi connectivity index (χ1v) is 8.80. The van der Waals surface area contributed by atoms with E-state index >= 15 is 0 Å². The van der Waals surface area contributed by atoms with Crippen molar-refractivity contribution in [1.29, 1.82) is 0 Å². The van der Waals surface area contributed by atoms with Crippen LogP contribution in [0, 0.1) is 0 Å². The molecule has 3 aromatic carbocycles. The number of hydrogen-bond donors (Lipinski definition) is 1. The maximum Gasteiger partial charge on any atom is 0.416 e. The van der Waals surface area contributed by atoms with E-state index in [2.05, 4.69) is 5.32 Å². The molecule has 0 heterocycles. The van der Waals surface area contributed by atoms with Crippen LogP contribution in [0.2, 0.25) is 0 Å². The zero-order valence-corrected chi connectivity index (χ0v) is 15.1. The maximum atomic E-state index is 13.7. The molecule has 3 aromatic rings. The van der Waals surface area contributed by atoms with Gasteiger partial charge < -0.3 is 5.32 Å². The highest BCUT2D eigenvalue weighted by molar-refractivity contribution is 5.92. The fourth-order valence-electron chi connectivity index (χ4n) is 3.41. The minimum Gasteiger partial charge on any atom is -0.326 e. The van der Waals surface area contributed by atoms with Crippen LogP contribution in [0.3, 0.4) is 0 Å². The molecular weight excluding hydrogens is 351 g/mol. The highest BCUT2D eigenvalue weighted by Gasteiger charge is 2.36. The van der Waals surface area contributed by atoms with Gasteiger partial charge in [-0.05, 0) is 34.0 Å². The summed E-state index contributed by atoms with van der Waals surface area (Å²) in [6.07, 6.45) is -4.32. The number of alkyl halides is 3. The summed E-state index contributed by atoms with van der Waals surface area (Å²) in [6, 6.07) is 17.1. The average molecular weight is 371 g/mol. The molecule has 0 radical (unpaired) electrons. The van der Waals surface area contributed by atoms with Crippen molar-refractivity contribution in [3.05, 3.63) is 77.4 Å². The van der Waals surface area contributed by atoms with Gasteiger partial charge >= 0.3 is 6.18 Å². The van der Waals surface area contributed by atoms with E-state index in [9.17, 15) is 18.0 Å². The van der Waals surface area contributed by atoms with Crippen LogP contribution in [-0.4, -0.2) is 5.91 Å². The number of hydrogen-bond acceptors (Lipinski definition) is 1. The Kier molecular flexibility index (Phi) is 5.22. The number of carbonyl (C=O) groups excluding carboxylic acids is 1. The average Bonchev–Trinajstić information content (AvgIpc) is 2.66. The Morgan fingerprint density at radius 1 is 1.00 bits per heavy atom. The van der Waals surface area contributed by atoms with Gasteiger partial charge in [-0.1, -0.05) is 62.4 Å². The third-order valence-corrected chi connectivity index (χ3v) is 4.73. The Bertz CT molecular complexity index is 973. The summed E-state index contributed by atoms with van der Waals surface area (Å²) in [6.45, 7) is 3.41. The molecule has 1 atom stereocenters. The fraction of sp³-hybridized carbons (Fsp3) is 0.227. The Labute approximate surface area is 156 Å². The lowest BCUT2D eigenvalue weighted by Crippen LogP contribution is -2.17. The standard InChI is InChI=1S/C22H20F3NO/c1-3-20(27)26-19-13-7-12-18(22(23,24)25)21(19)14(2)16-11-6-9-15-8-4-5-10-17(15)16/h4-14H,3H2,1-2H3,(H,26,27)/t14-/m1/s1. The minimum absolute atomic E-state index is 0.0863. The van der Waals surface area contributed by atoms with Crippen LogP contribution in [0.1, 0.15) is 42.9 Å². The molecule has 1 amide bonds. The molecule has 0 bridgehead atoms. The third kappa shape index (κ3) is 3.82. The van der Waals surface area contributed by atoms with E-state index in [1.165, 1.54) is 12.1 Å². The van der Waals surface area contributed by atoms with Gasteiger partial charge in [-0.15, -0.1) is 0 Å². The Morgan fingerprint density at radius 3 is 2.37 bits per heavy atom. The molecule has 27 heavy (non-hydrogen) atoms. The second-order valence-electron chi connectivity index (χ2n) is 6.46. The summed E-state index contributed by atoms with van der Waals surface area (Å²) in [5.41, 5.74) is 0.355. The number of anilines is 1. The predicted octanol–water partition coefficient (Wildman–Crippen LogP) is 6.36. The highest BCUT2D eigenvalue weighted by Crippen LogP contribution is 2.42. The van der Waals surface area contributed by atoms with Gasteiger partial charge in [0, 0.05) is 18.0 Å². The first-order chi connectivity index (χ1) is 12.8. The van der Waals surface area contributed by atoms with E-state index in [-0.39, 0.29) is 23.6 Å². The van der Waals surface area contributed by atoms with E-state index in [4.69, 9.17) is 0 Å². The molecule has 0 aliphatic carbocycles. The molecule has 0 aliphatic rings. The normalized spacial score (nSPS) is 12.8. The van der Waals surface area contributed by atoms with Crippen molar-refractivity contribution in [3.8, 4) is 0 Å². The molecule has 0 saturated heterocycles. The first-order valence-electron chi connectivity index (χ1n) is 8.80. The van der Waals surface area contributed by atoms with Crippen molar-refractivity contribution >= 4 is 22.4 Å². The van der Waals surface area contributed by atoms with Crippen LogP contribution in [0.25, 0.3) is 10.8 Å². The largest absolute Gasteiger partial charge is 0.416 e. The molecule has 3 rings (SSSR count). The van der Waals surface area contributed by atoms with E-state index in [0.717, 1.165) is 22.4 Å². The summed E-state index contributed by atoms with van der Waals surface area (Å²) in [4.78, 5) is 11.9. The second kappa shape index (κ2) is 7.43. The molecule has 140 valence electrons. The van der Waals surface area contributed by atoms with Gasteiger partial charge in [-0.3, -0.25) is 4.79 Å². The molecular formula is C22H20F3NO. The first kappa shape index (κ1) is 19.0. The molecule has 0 spiro atoms. The van der Waals surface area contributed by atoms with Gasteiger partial charge in [0.05, 0.1) is 5.56 Å². The number of benzene rings is 3. The number of amides is 1. The van der Waals surface area contributed by atoms with Crippen molar-refractivity contribution in [2.24, 2.45) is 0 Å². The van der Waals surface area contributed by atoms with E-state index in [1.54, 1.807) is 13.8 Å². The summed E-state index contributed by atoms with van der Waals surface area (Å²) >= 11 is 0. The van der Waals surface area contributed by atoms with Crippen molar-refractivity contribution in [2.45, 2.75) is 32.4 Å². The van der Waals surface area contributed by atoms with Gasteiger partial charge in [0.1, 0.15) is 0 Å². The van der Waals surface area contributed by atoms with Crippen LogP contribution in [-0.2, 0) is 11.0 Å². The van der Waals surface area contributed by atoms with Gasteiger partial charge in [0.15, 0.2) is 0 Å². The third-order valence-electron chi connectivity index (χ3n) is 4.73. The lowest BCUT2D eigenvalue weighted by Gasteiger charge is -2.23. The van der Waals surface area contributed by atoms with Crippen LogP contribution in [0.15, 0.2) is 60.7 Å². The Morgan fingerprint density at radius 2 is 1.67 bits per heavy atom. The molecule has 0 fully saturated rings. The van der Waals surface area contributed by atoms with Crippen molar-refractivity contribution in [1.82, 2.24) is 0 Å².